The zero-order valence-electron chi connectivity index (χ0n) is 8.65. The molecule has 1 aromatic carbocycles. The molecule has 0 aliphatic heterocycles. The first kappa shape index (κ1) is 13.9. The van der Waals surface area contributed by atoms with Gasteiger partial charge in [-0.25, -0.2) is 9.37 Å². The van der Waals surface area contributed by atoms with Crippen molar-refractivity contribution in [2.45, 2.75) is 0 Å². The molecule has 0 saturated heterocycles. The fourth-order valence-corrected chi connectivity index (χ4v) is 2.15. The van der Waals surface area contributed by atoms with E-state index in [4.69, 9.17) is 34.8 Å². The maximum atomic E-state index is 13.6. The van der Waals surface area contributed by atoms with Crippen molar-refractivity contribution < 1.29 is 4.39 Å². The van der Waals surface area contributed by atoms with Gasteiger partial charge in [-0.2, -0.15) is 0 Å². The van der Waals surface area contributed by atoms with Crippen LogP contribution < -0.4 is 5.32 Å². The van der Waals surface area contributed by atoms with E-state index in [0.717, 1.165) is 0 Å². The third-order valence-corrected chi connectivity index (χ3v) is 3.54. The number of nitrogens with one attached hydrogen (secondary N) is 1. The Bertz CT molecular complexity index is 607. The van der Waals surface area contributed by atoms with Crippen LogP contribution in [0.1, 0.15) is 0 Å². The third kappa shape index (κ3) is 3.06. The number of pyridine rings is 1. The average Bonchev–Trinajstić information content (AvgIpc) is 2.29. The second kappa shape index (κ2) is 5.61. The van der Waals surface area contributed by atoms with E-state index in [0.29, 0.717) is 25.2 Å². The SMILES string of the molecule is Fc1cc(Br)cnc1Nc1cc(Cl)c(Cl)cc1Cl. The Hall–Kier alpha value is -0.550. The smallest absolute Gasteiger partial charge is 0.166 e. The summed E-state index contributed by atoms with van der Waals surface area (Å²) in [6.45, 7) is 0. The van der Waals surface area contributed by atoms with Crippen LogP contribution in [0.15, 0.2) is 28.9 Å². The predicted octanol–water partition coefficient (Wildman–Crippen LogP) is 5.69. The van der Waals surface area contributed by atoms with E-state index in [1.807, 2.05) is 0 Å². The van der Waals surface area contributed by atoms with E-state index in [9.17, 15) is 4.39 Å². The van der Waals surface area contributed by atoms with Crippen LogP contribution >= 0.6 is 50.7 Å². The number of nitrogens with zero attached hydrogens (tertiary/aromatic N) is 1. The average molecular weight is 370 g/mol. The van der Waals surface area contributed by atoms with E-state index in [1.165, 1.54) is 24.4 Å². The van der Waals surface area contributed by atoms with Crippen molar-refractivity contribution in [1.29, 1.82) is 0 Å². The Kier molecular flexibility index (Phi) is 4.33. The molecule has 18 heavy (non-hydrogen) atoms. The first-order chi connectivity index (χ1) is 8.47. The molecule has 0 amide bonds. The molecular formula is C11H5BrCl3FN2. The lowest BCUT2D eigenvalue weighted by molar-refractivity contribution is 0.625. The Labute approximate surface area is 126 Å². The van der Waals surface area contributed by atoms with Crippen molar-refractivity contribution >= 4 is 62.2 Å². The highest BCUT2D eigenvalue weighted by Crippen LogP contribution is 2.34. The zero-order chi connectivity index (χ0) is 13.3. The second-order valence-electron chi connectivity index (χ2n) is 3.36. The molecular weight excluding hydrogens is 365 g/mol. The molecule has 0 radical (unpaired) electrons. The highest BCUT2D eigenvalue weighted by Gasteiger charge is 2.10. The lowest BCUT2D eigenvalue weighted by Gasteiger charge is -2.09. The van der Waals surface area contributed by atoms with Crippen LogP contribution in [0.3, 0.4) is 0 Å². The summed E-state index contributed by atoms with van der Waals surface area (Å²) in [6, 6.07) is 4.28. The van der Waals surface area contributed by atoms with Crippen LogP contribution in [0.4, 0.5) is 15.9 Å². The summed E-state index contributed by atoms with van der Waals surface area (Å²) in [5.74, 6) is -0.454. The van der Waals surface area contributed by atoms with Gasteiger partial charge >= 0.3 is 0 Å². The summed E-state index contributed by atoms with van der Waals surface area (Å²) in [5.41, 5.74) is 0.430. The molecule has 2 aromatic rings. The van der Waals surface area contributed by atoms with E-state index < -0.39 is 5.82 Å². The summed E-state index contributed by atoms with van der Waals surface area (Å²) in [6.07, 6.45) is 1.47. The topological polar surface area (TPSA) is 24.9 Å². The van der Waals surface area contributed by atoms with Gasteiger partial charge in [0.05, 0.1) is 20.8 Å². The number of aromatic nitrogens is 1. The number of hydrogen-bond donors (Lipinski definition) is 1. The highest BCUT2D eigenvalue weighted by atomic mass is 79.9. The molecule has 1 N–H and O–H groups in total. The fraction of sp³-hybridized carbons (Fsp3) is 0. The summed E-state index contributed by atoms with van der Waals surface area (Å²) in [5, 5.41) is 3.73. The van der Waals surface area contributed by atoms with Crippen molar-refractivity contribution in [2.24, 2.45) is 0 Å². The van der Waals surface area contributed by atoms with E-state index in [1.54, 1.807) is 0 Å². The number of halogens is 5. The van der Waals surface area contributed by atoms with Gasteiger partial charge in [0.25, 0.3) is 0 Å². The predicted molar refractivity (Wildman–Crippen MR) is 76.6 cm³/mol. The van der Waals surface area contributed by atoms with Crippen LogP contribution in [-0.2, 0) is 0 Å². The van der Waals surface area contributed by atoms with Gasteiger partial charge < -0.3 is 5.32 Å². The minimum absolute atomic E-state index is 0.0542. The van der Waals surface area contributed by atoms with Gasteiger partial charge in [0.15, 0.2) is 11.6 Å². The van der Waals surface area contributed by atoms with Gasteiger partial charge in [0.1, 0.15) is 0 Å². The molecule has 0 unspecified atom stereocenters. The lowest BCUT2D eigenvalue weighted by atomic mass is 10.3. The molecule has 94 valence electrons. The van der Waals surface area contributed by atoms with Crippen LogP contribution in [-0.4, -0.2) is 4.98 Å². The minimum atomic E-state index is -0.508. The molecule has 2 rings (SSSR count). The van der Waals surface area contributed by atoms with Gasteiger partial charge in [-0.05, 0) is 34.1 Å². The molecule has 0 aliphatic rings. The molecule has 0 spiro atoms. The van der Waals surface area contributed by atoms with Crippen LogP contribution in [0, 0.1) is 5.82 Å². The Morgan fingerprint density at radius 3 is 2.39 bits per heavy atom. The summed E-state index contributed by atoms with van der Waals surface area (Å²) >= 11 is 20.8. The maximum absolute atomic E-state index is 13.6. The monoisotopic (exact) mass is 368 g/mol. The van der Waals surface area contributed by atoms with Crippen molar-refractivity contribution in [3.63, 3.8) is 0 Å². The van der Waals surface area contributed by atoms with Crippen LogP contribution in [0.25, 0.3) is 0 Å². The number of anilines is 2. The van der Waals surface area contributed by atoms with Gasteiger partial charge in [0.2, 0.25) is 0 Å². The van der Waals surface area contributed by atoms with E-state index in [2.05, 4.69) is 26.2 Å². The van der Waals surface area contributed by atoms with Crippen molar-refractivity contribution in [3.8, 4) is 0 Å². The third-order valence-electron chi connectivity index (χ3n) is 2.07. The van der Waals surface area contributed by atoms with E-state index >= 15 is 0 Å². The molecule has 1 aromatic heterocycles. The first-order valence-corrected chi connectivity index (χ1v) is 6.62. The van der Waals surface area contributed by atoms with Crippen LogP contribution in [0.2, 0.25) is 15.1 Å². The van der Waals surface area contributed by atoms with Gasteiger partial charge in [-0.1, -0.05) is 34.8 Å². The Morgan fingerprint density at radius 1 is 1.06 bits per heavy atom. The van der Waals surface area contributed by atoms with Gasteiger partial charge in [-0.3, -0.25) is 0 Å². The van der Waals surface area contributed by atoms with Crippen molar-refractivity contribution in [3.05, 3.63) is 49.8 Å². The zero-order valence-corrected chi connectivity index (χ0v) is 12.5. The van der Waals surface area contributed by atoms with Crippen molar-refractivity contribution in [1.82, 2.24) is 4.98 Å². The molecule has 1 heterocycles. The largest absolute Gasteiger partial charge is 0.337 e. The highest BCUT2D eigenvalue weighted by molar-refractivity contribution is 9.10. The maximum Gasteiger partial charge on any atom is 0.166 e. The quantitative estimate of drug-likeness (QED) is 0.687. The molecule has 0 saturated carbocycles. The normalized spacial score (nSPS) is 10.5. The molecule has 0 fully saturated rings. The van der Waals surface area contributed by atoms with Crippen molar-refractivity contribution in [2.75, 3.05) is 5.32 Å². The second-order valence-corrected chi connectivity index (χ2v) is 5.49. The Morgan fingerprint density at radius 2 is 1.72 bits per heavy atom. The summed E-state index contributed by atoms with van der Waals surface area (Å²) in [4.78, 5) is 3.90. The standard InChI is InChI=1S/C11H5BrCl3FN2/c12-5-1-9(16)11(17-4-5)18-10-3-7(14)6(13)2-8(10)15/h1-4H,(H,17,18). The molecule has 0 aliphatic carbocycles. The number of benzene rings is 1. The van der Waals surface area contributed by atoms with Crippen LogP contribution in [0.5, 0.6) is 0 Å². The lowest BCUT2D eigenvalue weighted by Crippen LogP contribution is -1.97. The molecule has 0 bridgehead atoms. The molecule has 2 nitrogen and oxygen atoms in total. The Balaban J connectivity index is 2.37. The summed E-state index contributed by atoms with van der Waals surface area (Å²) in [7, 11) is 0. The number of rotatable bonds is 2. The van der Waals surface area contributed by atoms with E-state index in [-0.39, 0.29) is 5.82 Å². The molecule has 0 atom stereocenters. The van der Waals surface area contributed by atoms with Gasteiger partial charge in [0, 0.05) is 10.7 Å². The summed E-state index contributed by atoms with van der Waals surface area (Å²) < 4.78 is 14.1. The number of hydrogen-bond acceptors (Lipinski definition) is 2. The minimum Gasteiger partial charge on any atom is -0.337 e. The molecule has 7 heteroatoms. The first-order valence-electron chi connectivity index (χ1n) is 4.70. The van der Waals surface area contributed by atoms with Gasteiger partial charge in [-0.15, -0.1) is 0 Å². The fourth-order valence-electron chi connectivity index (χ4n) is 1.25.